The molecule has 1 aromatic carbocycles. The Bertz CT molecular complexity index is 374. The van der Waals surface area contributed by atoms with E-state index in [9.17, 15) is 9.90 Å². The third-order valence-electron chi connectivity index (χ3n) is 3.24. The van der Waals surface area contributed by atoms with E-state index >= 15 is 0 Å². The fourth-order valence-electron chi connectivity index (χ4n) is 2.57. The lowest BCUT2D eigenvalue weighted by Crippen LogP contribution is -2.31. The first-order valence-electron chi connectivity index (χ1n) is 6.05. The third-order valence-corrected chi connectivity index (χ3v) is 3.24. The van der Waals surface area contributed by atoms with E-state index in [-0.39, 0.29) is 24.1 Å². The molecule has 3 atom stereocenters. The molecular formula is C14H18O3. The Labute approximate surface area is 101 Å². The van der Waals surface area contributed by atoms with Gasteiger partial charge in [-0.25, -0.2) is 0 Å². The highest BCUT2D eigenvalue weighted by Crippen LogP contribution is 2.34. The number of aliphatic hydroxyl groups is 1. The maximum absolute atomic E-state index is 11.0. The topological polar surface area (TPSA) is 46.5 Å². The molecule has 2 rings (SSSR count). The molecule has 1 fully saturated rings. The van der Waals surface area contributed by atoms with Gasteiger partial charge in [-0.3, -0.25) is 4.79 Å². The summed E-state index contributed by atoms with van der Waals surface area (Å²) in [5.74, 6) is 0.0141. The van der Waals surface area contributed by atoms with Gasteiger partial charge in [-0.1, -0.05) is 30.3 Å². The lowest BCUT2D eigenvalue weighted by molar-refractivity contribution is -0.149. The molecule has 0 amide bonds. The largest absolute Gasteiger partial charge is 0.462 e. The van der Waals surface area contributed by atoms with Crippen LogP contribution in [0.3, 0.4) is 0 Å². The minimum atomic E-state index is -0.377. The molecule has 0 aliphatic heterocycles. The van der Waals surface area contributed by atoms with Gasteiger partial charge in [0.05, 0.1) is 6.10 Å². The first kappa shape index (κ1) is 12.1. The molecule has 1 N–H and O–H groups in total. The molecule has 17 heavy (non-hydrogen) atoms. The van der Waals surface area contributed by atoms with E-state index in [4.69, 9.17) is 4.74 Å². The van der Waals surface area contributed by atoms with Crippen LogP contribution in [0, 0.1) is 0 Å². The second-order valence-corrected chi connectivity index (χ2v) is 4.70. The van der Waals surface area contributed by atoms with Crippen molar-refractivity contribution in [2.75, 3.05) is 0 Å². The van der Waals surface area contributed by atoms with E-state index in [0.717, 1.165) is 12.8 Å². The van der Waals surface area contributed by atoms with Crippen molar-refractivity contribution in [3.05, 3.63) is 35.9 Å². The van der Waals surface area contributed by atoms with Crippen molar-refractivity contribution in [3.8, 4) is 0 Å². The number of carbonyl (C=O) groups is 1. The molecule has 0 saturated heterocycles. The molecule has 0 bridgehead atoms. The summed E-state index contributed by atoms with van der Waals surface area (Å²) in [6.07, 6.45) is 1.59. The lowest BCUT2D eigenvalue weighted by atomic mass is 9.81. The highest BCUT2D eigenvalue weighted by Gasteiger charge is 2.30. The number of carbonyl (C=O) groups excluding carboxylic acids is 1. The zero-order chi connectivity index (χ0) is 12.3. The highest BCUT2D eigenvalue weighted by molar-refractivity contribution is 5.66. The van der Waals surface area contributed by atoms with E-state index in [2.05, 4.69) is 12.1 Å². The van der Waals surface area contributed by atoms with E-state index in [1.54, 1.807) is 0 Å². The molecule has 0 heterocycles. The van der Waals surface area contributed by atoms with Gasteiger partial charge in [0.15, 0.2) is 0 Å². The number of aliphatic hydroxyl groups excluding tert-OH is 1. The third kappa shape index (κ3) is 3.30. The molecule has 0 aromatic heterocycles. The summed E-state index contributed by atoms with van der Waals surface area (Å²) in [6, 6.07) is 10.1. The summed E-state index contributed by atoms with van der Waals surface area (Å²) < 4.78 is 5.21. The maximum atomic E-state index is 11.0. The standard InChI is InChI=1S/C14H18O3/c1-10(15)17-14-8-12(7-13(16)9-14)11-5-3-2-4-6-11/h2-6,12-14,16H,7-9H2,1H3/t12-,13-,14?/m1/s1. The van der Waals surface area contributed by atoms with Crippen LogP contribution in [0.1, 0.15) is 37.7 Å². The first-order valence-corrected chi connectivity index (χ1v) is 6.05. The zero-order valence-corrected chi connectivity index (χ0v) is 10.0. The number of benzene rings is 1. The number of ether oxygens (including phenoxy) is 1. The van der Waals surface area contributed by atoms with E-state index in [1.807, 2.05) is 18.2 Å². The van der Waals surface area contributed by atoms with Crippen molar-refractivity contribution in [2.24, 2.45) is 0 Å². The molecule has 3 heteroatoms. The van der Waals surface area contributed by atoms with Crippen LogP contribution in [0.25, 0.3) is 0 Å². The molecule has 0 radical (unpaired) electrons. The molecule has 3 nitrogen and oxygen atoms in total. The predicted molar refractivity (Wildman–Crippen MR) is 64.6 cm³/mol. The van der Waals surface area contributed by atoms with Crippen molar-refractivity contribution < 1.29 is 14.6 Å². The molecule has 1 aliphatic carbocycles. The second-order valence-electron chi connectivity index (χ2n) is 4.70. The molecule has 1 aromatic rings. The Morgan fingerprint density at radius 1 is 1.24 bits per heavy atom. The predicted octanol–water partition coefficient (Wildman–Crippen LogP) is 2.25. The van der Waals surface area contributed by atoms with Crippen LogP contribution in [0.5, 0.6) is 0 Å². The van der Waals surface area contributed by atoms with E-state index in [0.29, 0.717) is 6.42 Å². The number of rotatable bonds is 2. The molecule has 0 spiro atoms. The Morgan fingerprint density at radius 3 is 2.59 bits per heavy atom. The van der Waals surface area contributed by atoms with Gasteiger partial charge in [0.25, 0.3) is 0 Å². The van der Waals surface area contributed by atoms with E-state index < -0.39 is 0 Å². The van der Waals surface area contributed by atoms with E-state index in [1.165, 1.54) is 12.5 Å². The van der Waals surface area contributed by atoms with Gasteiger partial charge in [0.2, 0.25) is 0 Å². The van der Waals surface area contributed by atoms with Gasteiger partial charge < -0.3 is 9.84 Å². The second kappa shape index (κ2) is 5.32. The van der Waals surface area contributed by atoms with Gasteiger partial charge in [0, 0.05) is 13.3 Å². The van der Waals surface area contributed by atoms with Gasteiger partial charge in [-0.15, -0.1) is 0 Å². The quantitative estimate of drug-likeness (QED) is 0.798. The van der Waals surface area contributed by atoms with Crippen molar-refractivity contribution in [2.45, 2.75) is 44.3 Å². The highest BCUT2D eigenvalue weighted by atomic mass is 16.5. The zero-order valence-electron chi connectivity index (χ0n) is 10.0. The minimum Gasteiger partial charge on any atom is -0.462 e. The number of esters is 1. The van der Waals surface area contributed by atoms with Crippen LogP contribution < -0.4 is 0 Å². The van der Waals surface area contributed by atoms with Crippen molar-refractivity contribution in [1.29, 1.82) is 0 Å². The van der Waals surface area contributed by atoms with Crippen molar-refractivity contribution in [3.63, 3.8) is 0 Å². The van der Waals surface area contributed by atoms with Gasteiger partial charge in [0.1, 0.15) is 6.10 Å². The van der Waals surface area contributed by atoms with Crippen LogP contribution in [0.2, 0.25) is 0 Å². The van der Waals surface area contributed by atoms with Crippen LogP contribution in [-0.2, 0) is 9.53 Å². The summed E-state index contributed by atoms with van der Waals surface area (Å²) in [5.41, 5.74) is 1.21. The summed E-state index contributed by atoms with van der Waals surface area (Å²) in [7, 11) is 0. The SMILES string of the molecule is CC(=O)OC1C[C@H](O)C[C@@H](c2ccccc2)C1. The van der Waals surface area contributed by atoms with Crippen LogP contribution in [0.15, 0.2) is 30.3 Å². The summed E-state index contributed by atoms with van der Waals surface area (Å²) in [5, 5.41) is 9.83. The smallest absolute Gasteiger partial charge is 0.302 e. The maximum Gasteiger partial charge on any atom is 0.302 e. The molecule has 1 aliphatic rings. The van der Waals surface area contributed by atoms with Crippen molar-refractivity contribution in [1.82, 2.24) is 0 Å². The summed E-state index contributed by atoms with van der Waals surface area (Å²) >= 11 is 0. The lowest BCUT2D eigenvalue weighted by Gasteiger charge is -2.32. The number of hydrogen-bond acceptors (Lipinski definition) is 3. The number of hydrogen-bond donors (Lipinski definition) is 1. The summed E-state index contributed by atoms with van der Waals surface area (Å²) in [6.45, 7) is 1.42. The Hall–Kier alpha value is -1.35. The monoisotopic (exact) mass is 234 g/mol. The minimum absolute atomic E-state index is 0.151. The van der Waals surface area contributed by atoms with Gasteiger partial charge >= 0.3 is 5.97 Å². The van der Waals surface area contributed by atoms with Gasteiger partial charge in [-0.2, -0.15) is 0 Å². The van der Waals surface area contributed by atoms with Crippen LogP contribution in [-0.4, -0.2) is 23.3 Å². The molecule has 1 saturated carbocycles. The van der Waals surface area contributed by atoms with Gasteiger partial charge in [-0.05, 0) is 24.3 Å². The Kier molecular flexibility index (Phi) is 3.79. The molecule has 92 valence electrons. The molecule has 1 unspecified atom stereocenters. The normalized spacial score (nSPS) is 28.7. The van der Waals surface area contributed by atoms with Crippen LogP contribution >= 0.6 is 0 Å². The fourth-order valence-corrected chi connectivity index (χ4v) is 2.57. The van der Waals surface area contributed by atoms with Crippen LogP contribution in [0.4, 0.5) is 0 Å². The molecular weight excluding hydrogens is 216 g/mol. The average Bonchev–Trinajstić information content (AvgIpc) is 2.28. The fraction of sp³-hybridized carbons (Fsp3) is 0.500. The Morgan fingerprint density at radius 2 is 1.94 bits per heavy atom. The average molecular weight is 234 g/mol. The first-order chi connectivity index (χ1) is 8.15. The van der Waals surface area contributed by atoms with Crippen molar-refractivity contribution >= 4 is 5.97 Å². The summed E-state index contributed by atoms with van der Waals surface area (Å²) in [4.78, 5) is 11.0. The Balaban J connectivity index is 2.06.